The number of amides is 1. The molecule has 0 saturated heterocycles. The van der Waals surface area contributed by atoms with Gasteiger partial charge in [-0.15, -0.1) is 0 Å². The van der Waals surface area contributed by atoms with E-state index >= 15 is 0 Å². The number of hydrogen-bond donors (Lipinski definition) is 1. The summed E-state index contributed by atoms with van der Waals surface area (Å²) >= 11 is 3.43. The smallest absolute Gasteiger partial charge is 0.272 e. The van der Waals surface area contributed by atoms with E-state index in [4.69, 9.17) is 0 Å². The van der Waals surface area contributed by atoms with Gasteiger partial charge in [0, 0.05) is 22.4 Å². The summed E-state index contributed by atoms with van der Waals surface area (Å²) in [6, 6.07) is 6.07. The van der Waals surface area contributed by atoms with Gasteiger partial charge >= 0.3 is 0 Å². The molecule has 1 aliphatic carbocycles. The van der Waals surface area contributed by atoms with Gasteiger partial charge in [-0.05, 0) is 53.9 Å². The average Bonchev–Trinajstić information content (AvgIpc) is 3.15. The minimum Gasteiger partial charge on any atom is -0.339 e. The summed E-state index contributed by atoms with van der Waals surface area (Å²) in [6.07, 6.45) is 5.94. The first-order valence-electron chi connectivity index (χ1n) is 6.25. The predicted molar refractivity (Wildman–Crippen MR) is 77.3 cm³/mol. The maximum atomic E-state index is 12.3. The first kappa shape index (κ1) is 12.4. The van der Waals surface area contributed by atoms with Crippen LogP contribution >= 0.6 is 15.9 Å². The van der Waals surface area contributed by atoms with Crippen molar-refractivity contribution >= 4 is 27.5 Å². The first-order valence-corrected chi connectivity index (χ1v) is 7.04. The monoisotopic (exact) mass is 319 g/mol. The van der Waals surface area contributed by atoms with Gasteiger partial charge < -0.3 is 9.88 Å². The van der Waals surface area contributed by atoms with Crippen molar-refractivity contribution in [2.24, 2.45) is 0 Å². The van der Waals surface area contributed by atoms with E-state index in [1.807, 2.05) is 35.9 Å². The molecular weight excluding hydrogens is 306 g/mol. The Labute approximate surface area is 120 Å². The fraction of sp³-hybridized carbons (Fsp3) is 0.286. The molecule has 0 unspecified atom stereocenters. The van der Waals surface area contributed by atoms with Crippen molar-refractivity contribution in [3.63, 3.8) is 0 Å². The Bertz CT molecular complexity index is 614. The fourth-order valence-corrected chi connectivity index (χ4v) is 2.46. The van der Waals surface area contributed by atoms with Crippen LogP contribution in [0.15, 0.2) is 35.1 Å². The lowest BCUT2D eigenvalue weighted by Crippen LogP contribution is -2.16. The van der Waals surface area contributed by atoms with Gasteiger partial charge in [-0.3, -0.25) is 9.78 Å². The van der Waals surface area contributed by atoms with Gasteiger partial charge in [0.2, 0.25) is 0 Å². The minimum absolute atomic E-state index is 0.0942. The van der Waals surface area contributed by atoms with Gasteiger partial charge in [-0.1, -0.05) is 0 Å². The number of carbonyl (C=O) groups excluding carboxylic acids is 1. The molecule has 2 heterocycles. The standard InChI is InChI=1S/C14H14BrN3O/c1-9-2-3-11(7-16-9)17-14(19)13-6-10(15)8-18(13)12-4-5-12/h2-3,6-8,12H,4-5H2,1H3,(H,17,19). The summed E-state index contributed by atoms with van der Waals surface area (Å²) in [5, 5.41) is 2.88. The van der Waals surface area contributed by atoms with Crippen molar-refractivity contribution in [2.75, 3.05) is 5.32 Å². The highest BCUT2D eigenvalue weighted by atomic mass is 79.9. The molecule has 0 aliphatic heterocycles. The van der Waals surface area contributed by atoms with Crippen LogP contribution in [-0.2, 0) is 0 Å². The molecule has 1 N–H and O–H groups in total. The minimum atomic E-state index is -0.0942. The molecule has 1 aliphatic rings. The molecule has 0 atom stereocenters. The summed E-state index contributed by atoms with van der Waals surface area (Å²) < 4.78 is 2.98. The van der Waals surface area contributed by atoms with Crippen molar-refractivity contribution in [1.29, 1.82) is 0 Å². The number of carbonyl (C=O) groups is 1. The number of anilines is 1. The molecule has 1 saturated carbocycles. The Morgan fingerprint density at radius 2 is 2.26 bits per heavy atom. The Morgan fingerprint density at radius 1 is 1.47 bits per heavy atom. The highest BCUT2D eigenvalue weighted by Crippen LogP contribution is 2.37. The molecule has 4 nitrogen and oxygen atoms in total. The van der Waals surface area contributed by atoms with E-state index in [-0.39, 0.29) is 5.91 Å². The van der Waals surface area contributed by atoms with Crippen LogP contribution in [0.1, 0.15) is 35.1 Å². The van der Waals surface area contributed by atoms with E-state index in [9.17, 15) is 4.79 Å². The van der Waals surface area contributed by atoms with Gasteiger partial charge in [0.05, 0.1) is 11.9 Å². The molecule has 3 rings (SSSR count). The van der Waals surface area contributed by atoms with Gasteiger partial charge in [0.1, 0.15) is 5.69 Å². The molecule has 0 radical (unpaired) electrons. The number of pyridine rings is 1. The summed E-state index contributed by atoms with van der Waals surface area (Å²) in [5.41, 5.74) is 2.34. The topological polar surface area (TPSA) is 46.9 Å². The number of nitrogens with zero attached hydrogens (tertiary/aromatic N) is 2. The average molecular weight is 320 g/mol. The fourth-order valence-electron chi connectivity index (χ4n) is 2.02. The lowest BCUT2D eigenvalue weighted by Gasteiger charge is -2.08. The Hall–Kier alpha value is -1.62. The maximum absolute atomic E-state index is 12.3. The van der Waals surface area contributed by atoms with Crippen LogP contribution in [0.5, 0.6) is 0 Å². The van der Waals surface area contributed by atoms with Gasteiger partial charge in [-0.2, -0.15) is 0 Å². The van der Waals surface area contributed by atoms with E-state index < -0.39 is 0 Å². The Morgan fingerprint density at radius 3 is 2.89 bits per heavy atom. The summed E-state index contributed by atoms with van der Waals surface area (Å²) in [7, 11) is 0. The molecule has 5 heteroatoms. The number of hydrogen-bond acceptors (Lipinski definition) is 2. The quantitative estimate of drug-likeness (QED) is 0.940. The number of rotatable bonds is 3. The van der Waals surface area contributed by atoms with E-state index in [1.54, 1.807) is 6.20 Å². The molecule has 2 aromatic heterocycles. The van der Waals surface area contributed by atoms with Crippen LogP contribution in [0.3, 0.4) is 0 Å². The van der Waals surface area contributed by atoms with Crippen molar-refractivity contribution in [1.82, 2.24) is 9.55 Å². The number of nitrogens with one attached hydrogen (secondary N) is 1. The van der Waals surface area contributed by atoms with E-state index in [2.05, 4.69) is 26.2 Å². The highest BCUT2D eigenvalue weighted by molar-refractivity contribution is 9.10. The second-order valence-corrected chi connectivity index (χ2v) is 5.74. The zero-order chi connectivity index (χ0) is 13.4. The SMILES string of the molecule is Cc1ccc(NC(=O)c2cc(Br)cn2C2CC2)cn1. The van der Waals surface area contributed by atoms with E-state index in [0.29, 0.717) is 11.7 Å². The van der Waals surface area contributed by atoms with E-state index in [0.717, 1.165) is 28.7 Å². The Balaban J connectivity index is 1.82. The lowest BCUT2D eigenvalue weighted by atomic mass is 10.3. The number of aromatic nitrogens is 2. The third-order valence-corrected chi connectivity index (χ3v) is 3.59. The second kappa shape index (κ2) is 4.81. The zero-order valence-corrected chi connectivity index (χ0v) is 12.1. The third kappa shape index (κ3) is 2.71. The van der Waals surface area contributed by atoms with Crippen LogP contribution in [0.2, 0.25) is 0 Å². The van der Waals surface area contributed by atoms with Crippen LogP contribution in [-0.4, -0.2) is 15.5 Å². The number of aryl methyl sites for hydroxylation is 1. The molecule has 0 bridgehead atoms. The van der Waals surface area contributed by atoms with Gasteiger partial charge in [0.25, 0.3) is 5.91 Å². The molecule has 19 heavy (non-hydrogen) atoms. The Kier molecular flexibility index (Phi) is 3.14. The van der Waals surface area contributed by atoms with Crippen LogP contribution in [0, 0.1) is 6.92 Å². The van der Waals surface area contributed by atoms with Crippen LogP contribution in [0.25, 0.3) is 0 Å². The lowest BCUT2D eigenvalue weighted by molar-refractivity contribution is 0.101. The third-order valence-electron chi connectivity index (χ3n) is 3.16. The zero-order valence-electron chi connectivity index (χ0n) is 10.6. The molecule has 98 valence electrons. The van der Waals surface area contributed by atoms with Crippen molar-refractivity contribution in [3.8, 4) is 0 Å². The second-order valence-electron chi connectivity index (χ2n) is 4.82. The van der Waals surface area contributed by atoms with Crippen LogP contribution in [0.4, 0.5) is 5.69 Å². The van der Waals surface area contributed by atoms with Crippen molar-refractivity contribution < 1.29 is 4.79 Å². The molecule has 1 amide bonds. The number of halogens is 1. The molecule has 1 fully saturated rings. The molecule has 0 aromatic carbocycles. The molecule has 0 spiro atoms. The van der Waals surface area contributed by atoms with Gasteiger partial charge in [0.15, 0.2) is 0 Å². The summed E-state index contributed by atoms with van der Waals surface area (Å²) in [5.74, 6) is -0.0942. The molecule has 2 aromatic rings. The normalized spacial score (nSPS) is 14.4. The van der Waals surface area contributed by atoms with Crippen LogP contribution < -0.4 is 5.32 Å². The van der Waals surface area contributed by atoms with Crippen molar-refractivity contribution in [3.05, 3.63) is 46.5 Å². The highest BCUT2D eigenvalue weighted by Gasteiger charge is 2.27. The first-order chi connectivity index (χ1) is 9.13. The predicted octanol–water partition coefficient (Wildman–Crippen LogP) is 3.54. The summed E-state index contributed by atoms with van der Waals surface area (Å²) in [6.45, 7) is 1.92. The van der Waals surface area contributed by atoms with Gasteiger partial charge in [-0.25, -0.2) is 0 Å². The van der Waals surface area contributed by atoms with E-state index in [1.165, 1.54) is 0 Å². The maximum Gasteiger partial charge on any atom is 0.272 e. The molecular formula is C14H14BrN3O. The largest absolute Gasteiger partial charge is 0.339 e. The van der Waals surface area contributed by atoms with Crippen molar-refractivity contribution in [2.45, 2.75) is 25.8 Å². The summed E-state index contributed by atoms with van der Waals surface area (Å²) in [4.78, 5) is 16.5.